The van der Waals surface area contributed by atoms with Gasteiger partial charge in [0, 0.05) is 24.7 Å². The van der Waals surface area contributed by atoms with Crippen molar-refractivity contribution in [3.8, 4) is 0 Å². The molecule has 0 bridgehead atoms. The predicted octanol–water partition coefficient (Wildman–Crippen LogP) is 1.26. The van der Waals surface area contributed by atoms with Crippen LogP contribution >= 0.6 is 11.3 Å². The number of hydrogen-bond donors (Lipinski definition) is 2. The molecule has 6 nitrogen and oxygen atoms in total. The van der Waals surface area contributed by atoms with E-state index in [4.69, 9.17) is 10.9 Å². The highest BCUT2D eigenvalue weighted by molar-refractivity contribution is 7.07. The molecule has 2 aromatic rings. The summed E-state index contributed by atoms with van der Waals surface area (Å²) in [5, 5.41) is 13.6. The third-order valence-electron chi connectivity index (χ3n) is 2.56. The molecule has 0 unspecified atom stereocenters. The van der Waals surface area contributed by atoms with E-state index in [9.17, 15) is 0 Å². The lowest BCUT2D eigenvalue weighted by molar-refractivity contribution is 0.315. The van der Waals surface area contributed by atoms with Crippen LogP contribution in [0.3, 0.4) is 0 Å². The number of nitrogens with zero attached hydrogens (tertiary/aromatic N) is 4. The van der Waals surface area contributed by atoms with Crippen LogP contribution in [0.15, 0.2) is 34.4 Å². The second-order valence-electron chi connectivity index (χ2n) is 4.19. The van der Waals surface area contributed by atoms with E-state index in [1.807, 2.05) is 30.1 Å². The van der Waals surface area contributed by atoms with Gasteiger partial charge in [0.05, 0.1) is 11.2 Å². The standard InChI is InChI=1S/C12H15N5OS/c1-17(6-10-7-19-8-15-10)5-9-2-3-14-11(4-9)12(13)16-18/h2-4,7-8,18H,5-6H2,1H3,(H2,13,16). The molecule has 0 radical (unpaired) electrons. The Bertz CT molecular complexity index is 555. The largest absolute Gasteiger partial charge is 0.409 e. The van der Waals surface area contributed by atoms with Crippen molar-refractivity contribution in [3.63, 3.8) is 0 Å². The van der Waals surface area contributed by atoms with E-state index in [1.54, 1.807) is 17.5 Å². The molecular formula is C12H15N5OS. The second-order valence-corrected chi connectivity index (χ2v) is 4.91. The van der Waals surface area contributed by atoms with Gasteiger partial charge in [-0.3, -0.25) is 9.88 Å². The zero-order valence-corrected chi connectivity index (χ0v) is 11.3. The summed E-state index contributed by atoms with van der Waals surface area (Å²) < 4.78 is 0. The van der Waals surface area contributed by atoms with Gasteiger partial charge in [-0.1, -0.05) is 5.16 Å². The Hall–Kier alpha value is -1.99. The molecule has 0 aliphatic heterocycles. The molecule has 2 heterocycles. The van der Waals surface area contributed by atoms with Crippen LogP contribution in [-0.2, 0) is 13.1 Å². The molecule has 0 saturated heterocycles. The lowest BCUT2D eigenvalue weighted by Crippen LogP contribution is -2.19. The summed E-state index contributed by atoms with van der Waals surface area (Å²) in [5.41, 5.74) is 9.92. The number of nitrogens with two attached hydrogens (primary N) is 1. The number of pyridine rings is 1. The van der Waals surface area contributed by atoms with Crippen LogP contribution in [0.25, 0.3) is 0 Å². The first-order valence-corrected chi connectivity index (χ1v) is 6.61. The third kappa shape index (κ3) is 3.73. The summed E-state index contributed by atoms with van der Waals surface area (Å²) in [6, 6.07) is 3.72. The highest BCUT2D eigenvalue weighted by Crippen LogP contribution is 2.09. The minimum absolute atomic E-state index is 0.0176. The van der Waals surface area contributed by atoms with Crippen molar-refractivity contribution in [1.82, 2.24) is 14.9 Å². The smallest absolute Gasteiger partial charge is 0.188 e. The van der Waals surface area contributed by atoms with E-state index in [-0.39, 0.29) is 5.84 Å². The van der Waals surface area contributed by atoms with E-state index < -0.39 is 0 Å². The number of aromatic nitrogens is 2. The molecule has 7 heteroatoms. The SMILES string of the molecule is CN(Cc1ccnc(C(N)=NO)c1)Cc1cscn1. The van der Waals surface area contributed by atoms with Gasteiger partial charge < -0.3 is 10.9 Å². The van der Waals surface area contributed by atoms with Crippen LogP contribution in [-0.4, -0.2) is 33.0 Å². The molecule has 0 spiro atoms. The minimum atomic E-state index is 0.0176. The lowest BCUT2D eigenvalue weighted by Gasteiger charge is -2.15. The Morgan fingerprint density at radius 1 is 1.47 bits per heavy atom. The van der Waals surface area contributed by atoms with Crippen LogP contribution in [0.4, 0.5) is 0 Å². The van der Waals surface area contributed by atoms with Gasteiger partial charge in [0.15, 0.2) is 5.84 Å². The van der Waals surface area contributed by atoms with Crippen molar-refractivity contribution in [3.05, 3.63) is 46.2 Å². The van der Waals surface area contributed by atoms with Crippen LogP contribution in [0, 0.1) is 0 Å². The summed E-state index contributed by atoms with van der Waals surface area (Å²) in [5.74, 6) is 0.0176. The van der Waals surface area contributed by atoms with Crippen LogP contribution in [0.2, 0.25) is 0 Å². The molecule has 0 fully saturated rings. The number of thiazole rings is 1. The molecule has 0 aromatic carbocycles. The fraction of sp³-hybridized carbons (Fsp3) is 0.250. The normalized spacial score (nSPS) is 12.0. The van der Waals surface area contributed by atoms with Gasteiger partial charge in [-0.2, -0.15) is 0 Å². The highest BCUT2D eigenvalue weighted by Gasteiger charge is 2.06. The quantitative estimate of drug-likeness (QED) is 0.372. The van der Waals surface area contributed by atoms with Crippen molar-refractivity contribution in [2.75, 3.05) is 7.05 Å². The van der Waals surface area contributed by atoms with Gasteiger partial charge >= 0.3 is 0 Å². The maximum atomic E-state index is 8.64. The monoisotopic (exact) mass is 277 g/mol. The molecule has 0 atom stereocenters. The topological polar surface area (TPSA) is 87.6 Å². The summed E-state index contributed by atoms with van der Waals surface area (Å²) in [6.07, 6.45) is 1.65. The molecular weight excluding hydrogens is 262 g/mol. The molecule has 0 aliphatic rings. The maximum absolute atomic E-state index is 8.64. The zero-order valence-electron chi connectivity index (χ0n) is 10.5. The van der Waals surface area contributed by atoms with Gasteiger partial charge in [0.1, 0.15) is 5.69 Å². The van der Waals surface area contributed by atoms with E-state index in [0.29, 0.717) is 5.69 Å². The number of hydrogen-bond acceptors (Lipinski definition) is 6. The zero-order chi connectivity index (χ0) is 13.7. The first-order chi connectivity index (χ1) is 9.19. The average molecular weight is 277 g/mol. The Morgan fingerprint density at radius 2 is 2.32 bits per heavy atom. The number of oxime groups is 1. The first-order valence-electron chi connectivity index (χ1n) is 5.67. The molecule has 0 saturated carbocycles. The summed E-state index contributed by atoms with van der Waals surface area (Å²) in [4.78, 5) is 10.4. The van der Waals surface area contributed by atoms with Gasteiger partial charge in [-0.25, -0.2) is 4.98 Å². The van der Waals surface area contributed by atoms with E-state index in [1.165, 1.54) is 0 Å². The fourth-order valence-electron chi connectivity index (χ4n) is 1.72. The maximum Gasteiger partial charge on any atom is 0.188 e. The number of amidine groups is 1. The van der Waals surface area contributed by atoms with Crippen molar-refractivity contribution < 1.29 is 5.21 Å². The molecule has 0 amide bonds. The fourth-order valence-corrected chi connectivity index (χ4v) is 2.27. The predicted molar refractivity (Wildman–Crippen MR) is 74.0 cm³/mol. The Balaban J connectivity index is 2.02. The van der Waals surface area contributed by atoms with Crippen LogP contribution in [0.1, 0.15) is 17.0 Å². The van der Waals surface area contributed by atoms with Gasteiger partial charge in [-0.05, 0) is 24.7 Å². The summed E-state index contributed by atoms with van der Waals surface area (Å²) >= 11 is 1.59. The van der Waals surface area contributed by atoms with Gasteiger partial charge in [0.25, 0.3) is 0 Å². The third-order valence-corrected chi connectivity index (χ3v) is 3.20. The lowest BCUT2D eigenvalue weighted by atomic mass is 10.2. The average Bonchev–Trinajstić information content (AvgIpc) is 2.90. The van der Waals surface area contributed by atoms with Crippen molar-refractivity contribution in [2.24, 2.45) is 10.9 Å². The Morgan fingerprint density at radius 3 is 3.00 bits per heavy atom. The van der Waals surface area contributed by atoms with E-state index in [2.05, 4.69) is 20.0 Å². The van der Waals surface area contributed by atoms with Crippen molar-refractivity contribution in [1.29, 1.82) is 0 Å². The second kappa shape index (κ2) is 6.26. The summed E-state index contributed by atoms with van der Waals surface area (Å²) in [7, 11) is 2.02. The summed E-state index contributed by atoms with van der Waals surface area (Å²) in [6.45, 7) is 1.52. The van der Waals surface area contributed by atoms with E-state index in [0.717, 1.165) is 24.3 Å². The van der Waals surface area contributed by atoms with Crippen LogP contribution < -0.4 is 5.73 Å². The van der Waals surface area contributed by atoms with Crippen molar-refractivity contribution in [2.45, 2.75) is 13.1 Å². The van der Waals surface area contributed by atoms with Gasteiger partial charge in [-0.15, -0.1) is 11.3 Å². The molecule has 2 rings (SSSR count). The molecule has 100 valence electrons. The molecule has 2 aromatic heterocycles. The molecule has 19 heavy (non-hydrogen) atoms. The number of rotatable bonds is 5. The Kier molecular flexibility index (Phi) is 4.43. The minimum Gasteiger partial charge on any atom is -0.409 e. The first kappa shape index (κ1) is 13.4. The van der Waals surface area contributed by atoms with E-state index >= 15 is 0 Å². The van der Waals surface area contributed by atoms with Crippen molar-refractivity contribution >= 4 is 17.2 Å². The van der Waals surface area contributed by atoms with Gasteiger partial charge in [0.2, 0.25) is 0 Å². The highest BCUT2D eigenvalue weighted by atomic mass is 32.1. The molecule has 0 aliphatic carbocycles. The molecule has 3 N–H and O–H groups in total. The van der Waals surface area contributed by atoms with Crippen LogP contribution in [0.5, 0.6) is 0 Å². The Labute approximate surface area is 115 Å².